The van der Waals surface area contributed by atoms with Crippen molar-refractivity contribution in [1.29, 1.82) is 0 Å². The van der Waals surface area contributed by atoms with Crippen LogP contribution in [0, 0.1) is 5.41 Å². The van der Waals surface area contributed by atoms with Crippen molar-refractivity contribution in [3.8, 4) is 0 Å². The lowest BCUT2D eigenvalue weighted by atomic mass is 10.0. The van der Waals surface area contributed by atoms with Gasteiger partial charge in [0.15, 0.2) is 0 Å². The van der Waals surface area contributed by atoms with Gasteiger partial charge in [0, 0.05) is 19.8 Å². The Labute approximate surface area is 91.5 Å². The topological polar surface area (TPSA) is 64.3 Å². The fourth-order valence-electron chi connectivity index (χ4n) is 1.56. The quantitative estimate of drug-likeness (QED) is 0.612. The van der Waals surface area contributed by atoms with E-state index in [0.29, 0.717) is 5.41 Å². The van der Waals surface area contributed by atoms with Crippen LogP contribution >= 0.6 is 0 Å². The second kappa shape index (κ2) is 5.47. The molecule has 3 N–H and O–H groups in total. The highest BCUT2D eigenvalue weighted by atomic mass is 16.5. The standard InChI is InChI=1S/C11H22N2O2/c1-3-15-7-6-11(4-5-11)8-13-10(14)9(2)12/h9H,3-8,12H2,1-2H3,(H,13,14). The van der Waals surface area contributed by atoms with Crippen molar-refractivity contribution in [2.75, 3.05) is 19.8 Å². The molecule has 0 aromatic heterocycles. The van der Waals surface area contributed by atoms with E-state index in [2.05, 4.69) is 5.32 Å². The molecule has 0 bridgehead atoms. The summed E-state index contributed by atoms with van der Waals surface area (Å²) < 4.78 is 5.33. The first kappa shape index (κ1) is 12.5. The lowest BCUT2D eigenvalue weighted by molar-refractivity contribution is -0.122. The zero-order chi connectivity index (χ0) is 11.3. The van der Waals surface area contributed by atoms with Crippen molar-refractivity contribution in [2.24, 2.45) is 11.1 Å². The van der Waals surface area contributed by atoms with E-state index >= 15 is 0 Å². The Morgan fingerprint density at radius 3 is 2.73 bits per heavy atom. The molecular weight excluding hydrogens is 192 g/mol. The van der Waals surface area contributed by atoms with Crippen LogP contribution in [0.5, 0.6) is 0 Å². The molecule has 0 saturated heterocycles. The molecule has 0 aromatic rings. The zero-order valence-electron chi connectivity index (χ0n) is 9.71. The van der Waals surface area contributed by atoms with E-state index in [4.69, 9.17) is 10.5 Å². The van der Waals surface area contributed by atoms with Crippen LogP contribution < -0.4 is 11.1 Å². The van der Waals surface area contributed by atoms with Crippen molar-refractivity contribution >= 4 is 5.91 Å². The van der Waals surface area contributed by atoms with Crippen molar-refractivity contribution in [2.45, 2.75) is 39.2 Å². The Morgan fingerprint density at radius 1 is 1.60 bits per heavy atom. The SMILES string of the molecule is CCOCCC1(CNC(=O)C(C)N)CC1. The molecule has 1 amide bonds. The highest BCUT2D eigenvalue weighted by Crippen LogP contribution is 2.48. The van der Waals surface area contributed by atoms with Gasteiger partial charge < -0.3 is 15.8 Å². The number of amides is 1. The largest absolute Gasteiger partial charge is 0.382 e. The third kappa shape index (κ3) is 4.18. The molecule has 1 saturated carbocycles. The Morgan fingerprint density at radius 2 is 2.27 bits per heavy atom. The summed E-state index contributed by atoms with van der Waals surface area (Å²) in [5, 5.41) is 2.89. The number of nitrogens with one attached hydrogen (secondary N) is 1. The number of carbonyl (C=O) groups is 1. The van der Waals surface area contributed by atoms with E-state index in [1.54, 1.807) is 6.92 Å². The van der Waals surface area contributed by atoms with Gasteiger partial charge in [-0.25, -0.2) is 0 Å². The minimum Gasteiger partial charge on any atom is -0.382 e. The number of carbonyl (C=O) groups excluding carboxylic acids is 1. The zero-order valence-corrected chi connectivity index (χ0v) is 9.71. The Balaban J connectivity index is 2.17. The van der Waals surface area contributed by atoms with Gasteiger partial charge in [0.25, 0.3) is 0 Å². The van der Waals surface area contributed by atoms with Gasteiger partial charge in [-0.05, 0) is 38.5 Å². The van der Waals surface area contributed by atoms with Gasteiger partial charge >= 0.3 is 0 Å². The summed E-state index contributed by atoms with van der Waals surface area (Å²) in [5.74, 6) is -0.0577. The first-order chi connectivity index (χ1) is 7.09. The summed E-state index contributed by atoms with van der Waals surface area (Å²) in [4.78, 5) is 11.3. The Hall–Kier alpha value is -0.610. The van der Waals surface area contributed by atoms with Crippen molar-refractivity contribution in [3.63, 3.8) is 0 Å². The van der Waals surface area contributed by atoms with Crippen LogP contribution in [0.1, 0.15) is 33.1 Å². The predicted octanol–water partition coefficient (Wildman–Crippen LogP) is 0.657. The maximum Gasteiger partial charge on any atom is 0.236 e. The van der Waals surface area contributed by atoms with Gasteiger partial charge in [0.05, 0.1) is 6.04 Å². The normalized spacial score (nSPS) is 19.7. The van der Waals surface area contributed by atoms with Gasteiger partial charge in [0.2, 0.25) is 5.91 Å². The lowest BCUT2D eigenvalue weighted by Gasteiger charge is -2.16. The van der Waals surface area contributed by atoms with Gasteiger partial charge in [0.1, 0.15) is 0 Å². The molecule has 4 nitrogen and oxygen atoms in total. The number of nitrogens with two attached hydrogens (primary N) is 1. The first-order valence-corrected chi connectivity index (χ1v) is 5.71. The maximum absolute atomic E-state index is 11.3. The summed E-state index contributed by atoms with van der Waals surface area (Å²) in [6.45, 7) is 6.01. The van der Waals surface area contributed by atoms with Gasteiger partial charge in [-0.1, -0.05) is 0 Å². The number of hydrogen-bond donors (Lipinski definition) is 2. The lowest BCUT2D eigenvalue weighted by Crippen LogP contribution is -2.41. The molecule has 1 aliphatic carbocycles. The van der Waals surface area contributed by atoms with Crippen molar-refractivity contribution in [1.82, 2.24) is 5.32 Å². The van der Waals surface area contributed by atoms with Crippen LogP contribution in [-0.4, -0.2) is 31.7 Å². The monoisotopic (exact) mass is 214 g/mol. The van der Waals surface area contributed by atoms with Crippen LogP contribution in [0.25, 0.3) is 0 Å². The van der Waals surface area contributed by atoms with E-state index in [0.717, 1.165) is 26.2 Å². The van der Waals surface area contributed by atoms with Crippen LogP contribution in [0.4, 0.5) is 0 Å². The van der Waals surface area contributed by atoms with Crippen LogP contribution in [0.2, 0.25) is 0 Å². The van der Waals surface area contributed by atoms with Crippen molar-refractivity contribution < 1.29 is 9.53 Å². The van der Waals surface area contributed by atoms with E-state index in [9.17, 15) is 4.79 Å². The summed E-state index contributed by atoms with van der Waals surface area (Å²) in [5.41, 5.74) is 5.78. The third-order valence-electron chi connectivity index (χ3n) is 2.99. The summed E-state index contributed by atoms with van der Waals surface area (Å²) in [6.07, 6.45) is 3.43. The molecule has 1 atom stereocenters. The van der Waals surface area contributed by atoms with Crippen LogP contribution in [0.3, 0.4) is 0 Å². The predicted molar refractivity (Wildman–Crippen MR) is 59.4 cm³/mol. The Kier molecular flexibility index (Phi) is 4.54. The van der Waals surface area contributed by atoms with E-state index in [1.807, 2.05) is 6.92 Å². The van der Waals surface area contributed by atoms with Gasteiger partial charge in [-0.2, -0.15) is 0 Å². The van der Waals surface area contributed by atoms with Crippen LogP contribution in [0.15, 0.2) is 0 Å². The number of rotatable bonds is 7. The van der Waals surface area contributed by atoms with E-state index < -0.39 is 6.04 Å². The summed E-state index contributed by atoms with van der Waals surface area (Å²) in [6, 6.07) is -0.410. The average Bonchev–Trinajstić information content (AvgIpc) is 2.95. The van der Waals surface area contributed by atoms with Gasteiger partial charge in [-0.3, -0.25) is 4.79 Å². The second-order valence-corrected chi connectivity index (χ2v) is 4.45. The molecule has 88 valence electrons. The molecule has 1 aliphatic rings. The minimum absolute atomic E-state index is 0.0577. The molecule has 1 rings (SSSR count). The first-order valence-electron chi connectivity index (χ1n) is 5.71. The number of hydrogen-bond acceptors (Lipinski definition) is 3. The van der Waals surface area contributed by atoms with Gasteiger partial charge in [-0.15, -0.1) is 0 Å². The molecule has 0 aliphatic heterocycles. The van der Waals surface area contributed by atoms with E-state index in [-0.39, 0.29) is 5.91 Å². The smallest absolute Gasteiger partial charge is 0.236 e. The molecule has 1 fully saturated rings. The number of ether oxygens (including phenoxy) is 1. The van der Waals surface area contributed by atoms with Crippen LogP contribution in [-0.2, 0) is 9.53 Å². The fourth-order valence-corrected chi connectivity index (χ4v) is 1.56. The average molecular weight is 214 g/mol. The molecule has 15 heavy (non-hydrogen) atoms. The van der Waals surface area contributed by atoms with E-state index in [1.165, 1.54) is 12.8 Å². The molecule has 0 radical (unpaired) electrons. The molecule has 1 unspecified atom stereocenters. The molecule has 0 heterocycles. The summed E-state index contributed by atoms with van der Waals surface area (Å²) in [7, 11) is 0. The molecule has 4 heteroatoms. The third-order valence-corrected chi connectivity index (χ3v) is 2.99. The highest BCUT2D eigenvalue weighted by molar-refractivity contribution is 5.81. The van der Waals surface area contributed by atoms with Crippen molar-refractivity contribution in [3.05, 3.63) is 0 Å². The minimum atomic E-state index is -0.410. The molecular formula is C11H22N2O2. The molecule has 0 spiro atoms. The highest BCUT2D eigenvalue weighted by Gasteiger charge is 2.42. The summed E-state index contributed by atoms with van der Waals surface area (Å²) >= 11 is 0. The maximum atomic E-state index is 11.3. The molecule has 0 aromatic carbocycles. The fraction of sp³-hybridized carbons (Fsp3) is 0.909. The second-order valence-electron chi connectivity index (χ2n) is 4.45. The Bertz CT molecular complexity index is 213.